The van der Waals surface area contributed by atoms with Crippen LogP contribution in [0.25, 0.3) is 0 Å². The summed E-state index contributed by atoms with van der Waals surface area (Å²) in [7, 11) is 1.26. The zero-order chi connectivity index (χ0) is 17.7. The molecule has 2 aromatic rings. The molecular formula is C16H17N3O5. The van der Waals surface area contributed by atoms with Gasteiger partial charge in [0, 0.05) is 13.0 Å². The topological polar surface area (TPSA) is 102 Å². The lowest BCUT2D eigenvalue weighted by Gasteiger charge is -2.17. The van der Waals surface area contributed by atoms with Crippen LogP contribution >= 0.6 is 0 Å². The molecule has 0 saturated carbocycles. The second kappa shape index (κ2) is 7.40. The summed E-state index contributed by atoms with van der Waals surface area (Å²) in [6.45, 7) is 2.73. The summed E-state index contributed by atoms with van der Waals surface area (Å²) < 4.78 is 9.60. The Hall–Kier alpha value is -3.16. The number of carbonyl (C=O) groups excluding carboxylic acids is 3. The number of hydrogen-bond acceptors (Lipinski definition) is 6. The number of nitrogens with one attached hydrogen (secondary N) is 1. The predicted molar refractivity (Wildman–Crippen MR) is 85.7 cm³/mol. The minimum atomic E-state index is -0.568. The molecule has 8 heteroatoms. The van der Waals surface area contributed by atoms with E-state index in [0.717, 1.165) is 0 Å². The van der Waals surface area contributed by atoms with Gasteiger partial charge in [0.1, 0.15) is 12.3 Å². The molecule has 1 aromatic carbocycles. The molecule has 0 atom stereocenters. The molecule has 0 aliphatic heterocycles. The van der Waals surface area contributed by atoms with Crippen LogP contribution in [0.1, 0.15) is 23.0 Å². The van der Waals surface area contributed by atoms with E-state index in [4.69, 9.17) is 4.52 Å². The summed E-state index contributed by atoms with van der Waals surface area (Å²) in [4.78, 5) is 36.9. The quantitative estimate of drug-likeness (QED) is 0.838. The third kappa shape index (κ3) is 3.97. The standard InChI is InChI=1S/C16H17N3O5/c1-10-8-14(18-24-10)19(11(2)20)9-15(21)17-13-7-5-4-6-12(13)16(22)23-3/h4-8H,9H2,1-3H3,(H,17,21). The van der Waals surface area contributed by atoms with E-state index in [9.17, 15) is 14.4 Å². The monoisotopic (exact) mass is 331 g/mol. The highest BCUT2D eigenvalue weighted by Gasteiger charge is 2.20. The summed E-state index contributed by atoms with van der Waals surface area (Å²) in [5, 5.41) is 6.33. The van der Waals surface area contributed by atoms with Gasteiger partial charge in [0.15, 0.2) is 5.82 Å². The first-order chi connectivity index (χ1) is 11.4. The lowest BCUT2D eigenvalue weighted by atomic mass is 10.2. The van der Waals surface area contributed by atoms with Crippen LogP contribution < -0.4 is 10.2 Å². The average Bonchev–Trinajstić information content (AvgIpc) is 2.98. The van der Waals surface area contributed by atoms with Crippen molar-refractivity contribution in [3.05, 3.63) is 41.7 Å². The van der Waals surface area contributed by atoms with E-state index in [1.165, 1.54) is 25.0 Å². The van der Waals surface area contributed by atoms with E-state index >= 15 is 0 Å². The first-order valence-electron chi connectivity index (χ1n) is 7.11. The maximum atomic E-state index is 12.3. The third-order valence-electron chi connectivity index (χ3n) is 3.18. The Morgan fingerprint density at radius 2 is 2.00 bits per heavy atom. The van der Waals surface area contributed by atoms with Gasteiger partial charge in [-0.2, -0.15) is 0 Å². The van der Waals surface area contributed by atoms with Gasteiger partial charge >= 0.3 is 5.97 Å². The molecule has 0 radical (unpaired) electrons. The first-order valence-corrected chi connectivity index (χ1v) is 7.11. The molecule has 0 fully saturated rings. The van der Waals surface area contributed by atoms with Gasteiger partial charge in [0.05, 0.1) is 18.4 Å². The highest BCUT2D eigenvalue weighted by atomic mass is 16.5. The largest absolute Gasteiger partial charge is 0.465 e. The molecule has 0 saturated heterocycles. The fourth-order valence-electron chi connectivity index (χ4n) is 2.05. The summed E-state index contributed by atoms with van der Waals surface area (Å²) in [5.41, 5.74) is 0.522. The Labute approximate surface area is 138 Å². The molecule has 2 rings (SSSR count). The van der Waals surface area contributed by atoms with Crippen molar-refractivity contribution >= 4 is 29.3 Å². The number of aromatic nitrogens is 1. The summed E-state index contributed by atoms with van der Waals surface area (Å²) in [5.74, 6) is -0.646. The number of ether oxygens (including phenoxy) is 1. The summed E-state index contributed by atoms with van der Waals surface area (Å²) >= 11 is 0. The Balaban J connectivity index is 2.15. The molecule has 0 unspecified atom stereocenters. The highest BCUT2D eigenvalue weighted by Crippen LogP contribution is 2.17. The van der Waals surface area contributed by atoms with E-state index in [0.29, 0.717) is 11.4 Å². The molecule has 24 heavy (non-hydrogen) atoms. The van der Waals surface area contributed by atoms with Gasteiger partial charge in [-0.3, -0.25) is 14.5 Å². The number of hydrogen-bond donors (Lipinski definition) is 1. The molecule has 0 bridgehead atoms. The van der Waals surface area contributed by atoms with Crippen molar-refractivity contribution < 1.29 is 23.6 Å². The van der Waals surface area contributed by atoms with E-state index in [-0.39, 0.29) is 23.8 Å². The van der Waals surface area contributed by atoms with Crippen LogP contribution in [-0.4, -0.2) is 36.6 Å². The first kappa shape index (κ1) is 17.2. The number of aryl methyl sites for hydroxylation is 1. The van der Waals surface area contributed by atoms with Crippen molar-refractivity contribution in [2.24, 2.45) is 0 Å². The van der Waals surface area contributed by atoms with Crippen LogP contribution in [0.15, 0.2) is 34.9 Å². The molecule has 0 spiro atoms. The molecular weight excluding hydrogens is 314 g/mol. The van der Waals surface area contributed by atoms with E-state index in [1.54, 1.807) is 31.2 Å². The van der Waals surface area contributed by atoms with Crippen molar-refractivity contribution in [3.63, 3.8) is 0 Å². The van der Waals surface area contributed by atoms with Gasteiger partial charge in [-0.1, -0.05) is 17.3 Å². The predicted octanol–water partition coefficient (Wildman–Crippen LogP) is 1.76. The third-order valence-corrected chi connectivity index (χ3v) is 3.18. The fourth-order valence-corrected chi connectivity index (χ4v) is 2.05. The lowest BCUT2D eigenvalue weighted by Crippen LogP contribution is -2.37. The van der Waals surface area contributed by atoms with Gasteiger partial charge in [0.2, 0.25) is 11.8 Å². The number of esters is 1. The van der Waals surface area contributed by atoms with Crippen LogP contribution in [0, 0.1) is 6.92 Å². The van der Waals surface area contributed by atoms with Gasteiger partial charge in [-0.15, -0.1) is 0 Å². The number of benzene rings is 1. The van der Waals surface area contributed by atoms with Gasteiger partial charge in [-0.25, -0.2) is 4.79 Å². The van der Waals surface area contributed by atoms with Crippen LogP contribution in [0.4, 0.5) is 11.5 Å². The molecule has 8 nitrogen and oxygen atoms in total. The van der Waals surface area contributed by atoms with Gasteiger partial charge in [0.25, 0.3) is 0 Å². The Kier molecular flexibility index (Phi) is 5.31. The maximum absolute atomic E-state index is 12.3. The molecule has 2 amide bonds. The summed E-state index contributed by atoms with van der Waals surface area (Å²) in [6.07, 6.45) is 0. The molecule has 0 aliphatic carbocycles. The van der Waals surface area contributed by atoms with E-state index < -0.39 is 11.9 Å². The Bertz CT molecular complexity index is 769. The second-order valence-corrected chi connectivity index (χ2v) is 4.99. The summed E-state index contributed by atoms with van der Waals surface area (Å²) in [6, 6.07) is 7.98. The molecule has 1 N–H and O–H groups in total. The van der Waals surface area contributed by atoms with Crippen LogP contribution in [0.2, 0.25) is 0 Å². The Morgan fingerprint density at radius 3 is 2.58 bits per heavy atom. The van der Waals surface area contributed by atoms with Crippen molar-refractivity contribution in [3.8, 4) is 0 Å². The minimum absolute atomic E-state index is 0.222. The smallest absolute Gasteiger partial charge is 0.339 e. The molecule has 1 heterocycles. The Morgan fingerprint density at radius 1 is 1.29 bits per heavy atom. The SMILES string of the molecule is COC(=O)c1ccccc1NC(=O)CN(C(C)=O)c1cc(C)on1. The van der Waals surface area contributed by atoms with Crippen molar-refractivity contribution in [1.82, 2.24) is 5.16 Å². The molecule has 1 aromatic heterocycles. The second-order valence-electron chi connectivity index (χ2n) is 4.99. The number of carbonyl (C=O) groups is 3. The van der Waals surface area contributed by atoms with Gasteiger partial charge in [-0.05, 0) is 19.1 Å². The van der Waals surface area contributed by atoms with E-state index in [2.05, 4.69) is 15.2 Å². The van der Waals surface area contributed by atoms with Crippen LogP contribution in [0.5, 0.6) is 0 Å². The number of rotatable bonds is 5. The number of para-hydroxylation sites is 1. The number of anilines is 2. The van der Waals surface area contributed by atoms with Crippen molar-refractivity contribution in [2.75, 3.05) is 23.9 Å². The minimum Gasteiger partial charge on any atom is -0.465 e. The number of nitrogens with zero attached hydrogens (tertiary/aromatic N) is 2. The maximum Gasteiger partial charge on any atom is 0.339 e. The van der Waals surface area contributed by atoms with Crippen LogP contribution in [0.3, 0.4) is 0 Å². The zero-order valence-corrected chi connectivity index (χ0v) is 13.5. The van der Waals surface area contributed by atoms with Gasteiger partial charge < -0.3 is 14.6 Å². The number of methoxy groups -OCH3 is 1. The molecule has 0 aliphatic rings. The van der Waals surface area contributed by atoms with Crippen LogP contribution in [-0.2, 0) is 14.3 Å². The van der Waals surface area contributed by atoms with Crippen molar-refractivity contribution in [1.29, 1.82) is 0 Å². The normalized spacial score (nSPS) is 10.1. The van der Waals surface area contributed by atoms with Crippen molar-refractivity contribution in [2.45, 2.75) is 13.8 Å². The lowest BCUT2D eigenvalue weighted by molar-refractivity contribution is -0.120. The fraction of sp³-hybridized carbons (Fsp3) is 0.250. The zero-order valence-electron chi connectivity index (χ0n) is 13.5. The molecule has 126 valence electrons. The van der Waals surface area contributed by atoms with E-state index in [1.807, 2.05) is 0 Å². The highest BCUT2D eigenvalue weighted by molar-refractivity contribution is 6.05. The number of amides is 2. The average molecular weight is 331 g/mol.